The van der Waals surface area contributed by atoms with Crippen LogP contribution in [0.1, 0.15) is 56.5 Å². The second-order valence-corrected chi connectivity index (χ2v) is 6.63. The lowest BCUT2D eigenvalue weighted by Gasteiger charge is -2.13. The number of ether oxygens (including phenoxy) is 1. The van der Waals surface area contributed by atoms with Crippen molar-refractivity contribution in [3.8, 4) is 11.6 Å². The summed E-state index contributed by atoms with van der Waals surface area (Å²) in [7, 11) is 0. The first kappa shape index (κ1) is 16.0. The Labute approximate surface area is 134 Å². The molecule has 0 unspecified atom stereocenters. The van der Waals surface area contributed by atoms with Gasteiger partial charge in [0.05, 0.1) is 0 Å². The third-order valence-electron chi connectivity index (χ3n) is 3.29. The number of hydrogen-bond acceptors (Lipinski definition) is 3. The highest BCUT2D eigenvalue weighted by Crippen LogP contribution is 2.28. The van der Waals surface area contributed by atoms with E-state index < -0.39 is 0 Å². The van der Waals surface area contributed by atoms with E-state index in [1.165, 1.54) is 11.1 Å². The van der Waals surface area contributed by atoms with Gasteiger partial charge in [0.15, 0.2) is 0 Å². The Morgan fingerprint density at radius 1 is 1.00 bits per heavy atom. The molecule has 112 valence electrons. The Hall–Kier alpha value is -1.42. The van der Waals surface area contributed by atoms with Crippen LogP contribution in [-0.4, -0.2) is 9.97 Å². The highest BCUT2D eigenvalue weighted by atomic mass is 79.9. The summed E-state index contributed by atoms with van der Waals surface area (Å²) in [6.07, 6.45) is 0. The summed E-state index contributed by atoms with van der Waals surface area (Å²) in [6.45, 7) is 10.6. The molecule has 1 aromatic heterocycles. The van der Waals surface area contributed by atoms with Gasteiger partial charge in [-0.1, -0.05) is 33.8 Å². The smallest absolute Gasteiger partial charge is 0.223 e. The van der Waals surface area contributed by atoms with Crippen molar-refractivity contribution in [2.24, 2.45) is 0 Å². The maximum Gasteiger partial charge on any atom is 0.223 e. The van der Waals surface area contributed by atoms with Crippen LogP contribution in [0.25, 0.3) is 0 Å². The molecular weight excluding hydrogens is 328 g/mol. The number of benzene rings is 1. The zero-order valence-corrected chi connectivity index (χ0v) is 14.7. The topological polar surface area (TPSA) is 35.0 Å². The summed E-state index contributed by atoms with van der Waals surface area (Å²) < 4.78 is 6.63. The molecule has 0 radical (unpaired) electrons. The molecule has 0 aliphatic heterocycles. The van der Waals surface area contributed by atoms with Gasteiger partial charge >= 0.3 is 0 Å². The zero-order chi connectivity index (χ0) is 15.6. The Kier molecular flexibility index (Phi) is 4.99. The van der Waals surface area contributed by atoms with E-state index in [0.29, 0.717) is 11.8 Å². The molecule has 0 fully saturated rings. The minimum atomic E-state index is 0.259. The van der Waals surface area contributed by atoms with Crippen molar-refractivity contribution in [3.63, 3.8) is 0 Å². The van der Waals surface area contributed by atoms with Gasteiger partial charge in [0.2, 0.25) is 5.88 Å². The standard InChI is InChI=1S/C17H21BrN2O/c1-10(2)14-7-6-13(8-12(14)5)21-16-9-15(18)19-17(20-16)11(3)4/h6-11H,1-5H3. The van der Waals surface area contributed by atoms with Crippen molar-refractivity contribution in [1.29, 1.82) is 0 Å². The minimum Gasteiger partial charge on any atom is -0.439 e. The summed E-state index contributed by atoms with van der Waals surface area (Å²) in [4.78, 5) is 8.81. The second kappa shape index (κ2) is 6.56. The number of hydrogen-bond donors (Lipinski definition) is 0. The minimum absolute atomic E-state index is 0.259. The molecule has 3 nitrogen and oxygen atoms in total. The molecule has 0 bridgehead atoms. The number of rotatable bonds is 4. The normalized spacial score (nSPS) is 11.2. The quantitative estimate of drug-likeness (QED) is 0.675. The van der Waals surface area contributed by atoms with Gasteiger partial charge in [0.25, 0.3) is 0 Å². The van der Waals surface area contributed by atoms with E-state index in [1.807, 2.05) is 6.07 Å². The van der Waals surface area contributed by atoms with Crippen molar-refractivity contribution in [3.05, 3.63) is 45.8 Å². The van der Waals surface area contributed by atoms with Crippen LogP contribution in [0.4, 0.5) is 0 Å². The summed E-state index contributed by atoms with van der Waals surface area (Å²) in [5, 5.41) is 0. The lowest BCUT2D eigenvalue weighted by Crippen LogP contribution is -2.00. The van der Waals surface area contributed by atoms with Crippen molar-refractivity contribution in [2.75, 3.05) is 0 Å². The average Bonchev–Trinajstić information content (AvgIpc) is 2.37. The largest absolute Gasteiger partial charge is 0.439 e. The monoisotopic (exact) mass is 348 g/mol. The van der Waals surface area contributed by atoms with Crippen LogP contribution in [0.3, 0.4) is 0 Å². The fourth-order valence-corrected chi connectivity index (χ4v) is 2.58. The molecular formula is C17H21BrN2O. The van der Waals surface area contributed by atoms with E-state index in [0.717, 1.165) is 16.2 Å². The molecule has 1 aromatic carbocycles. The van der Waals surface area contributed by atoms with Gasteiger partial charge in [0.1, 0.15) is 16.2 Å². The van der Waals surface area contributed by atoms with Gasteiger partial charge < -0.3 is 4.74 Å². The Balaban J connectivity index is 2.28. The first-order chi connectivity index (χ1) is 9.86. The highest BCUT2D eigenvalue weighted by Gasteiger charge is 2.10. The van der Waals surface area contributed by atoms with Crippen LogP contribution >= 0.6 is 15.9 Å². The van der Waals surface area contributed by atoms with Crippen LogP contribution in [-0.2, 0) is 0 Å². The van der Waals surface area contributed by atoms with E-state index >= 15 is 0 Å². The number of aromatic nitrogens is 2. The van der Waals surface area contributed by atoms with Crippen LogP contribution < -0.4 is 4.74 Å². The van der Waals surface area contributed by atoms with E-state index in [9.17, 15) is 0 Å². The maximum atomic E-state index is 5.88. The number of nitrogens with zero attached hydrogens (tertiary/aromatic N) is 2. The van der Waals surface area contributed by atoms with Crippen LogP contribution in [0.5, 0.6) is 11.6 Å². The number of halogens is 1. The van der Waals surface area contributed by atoms with Crippen molar-refractivity contribution >= 4 is 15.9 Å². The average molecular weight is 349 g/mol. The summed E-state index contributed by atoms with van der Waals surface area (Å²) in [5.74, 6) is 2.92. The van der Waals surface area contributed by atoms with Gasteiger partial charge in [0, 0.05) is 12.0 Å². The third-order valence-corrected chi connectivity index (χ3v) is 3.70. The predicted octanol–water partition coefficient (Wildman–Crippen LogP) is 5.59. The number of aryl methyl sites for hydroxylation is 1. The summed E-state index contributed by atoms with van der Waals surface area (Å²) in [5.41, 5.74) is 2.58. The van der Waals surface area contributed by atoms with Crippen molar-refractivity contribution in [2.45, 2.75) is 46.5 Å². The zero-order valence-electron chi connectivity index (χ0n) is 13.1. The molecule has 0 N–H and O–H groups in total. The predicted molar refractivity (Wildman–Crippen MR) is 89.2 cm³/mol. The van der Waals surface area contributed by atoms with Crippen molar-refractivity contribution in [1.82, 2.24) is 9.97 Å². The Morgan fingerprint density at radius 2 is 1.71 bits per heavy atom. The lowest BCUT2D eigenvalue weighted by molar-refractivity contribution is 0.455. The highest BCUT2D eigenvalue weighted by molar-refractivity contribution is 9.10. The van der Waals surface area contributed by atoms with Crippen LogP contribution in [0.2, 0.25) is 0 Å². The molecule has 0 aliphatic rings. The molecule has 0 saturated carbocycles. The van der Waals surface area contributed by atoms with Gasteiger partial charge in [-0.25, -0.2) is 4.98 Å². The Morgan fingerprint density at radius 3 is 2.29 bits per heavy atom. The maximum absolute atomic E-state index is 5.88. The molecule has 4 heteroatoms. The first-order valence-electron chi connectivity index (χ1n) is 7.19. The van der Waals surface area contributed by atoms with Gasteiger partial charge in [-0.15, -0.1) is 0 Å². The van der Waals surface area contributed by atoms with Crippen molar-refractivity contribution < 1.29 is 4.74 Å². The SMILES string of the molecule is Cc1cc(Oc2cc(Br)nc(C(C)C)n2)ccc1C(C)C. The second-order valence-electron chi connectivity index (χ2n) is 5.82. The first-order valence-corrected chi connectivity index (χ1v) is 7.99. The molecule has 0 aliphatic carbocycles. The van der Waals surface area contributed by atoms with E-state index in [-0.39, 0.29) is 5.92 Å². The molecule has 2 aromatic rings. The van der Waals surface area contributed by atoms with E-state index in [2.05, 4.69) is 72.6 Å². The van der Waals surface area contributed by atoms with Crippen LogP contribution in [0.15, 0.2) is 28.9 Å². The molecule has 1 heterocycles. The van der Waals surface area contributed by atoms with Gasteiger partial charge in [-0.2, -0.15) is 4.98 Å². The fourth-order valence-electron chi connectivity index (χ4n) is 2.20. The molecule has 21 heavy (non-hydrogen) atoms. The Bertz CT molecular complexity index is 639. The lowest BCUT2D eigenvalue weighted by atomic mass is 9.98. The van der Waals surface area contributed by atoms with Crippen LogP contribution in [0, 0.1) is 6.92 Å². The fraction of sp³-hybridized carbons (Fsp3) is 0.412. The molecule has 0 spiro atoms. The molecule has 0 amide bonds. The molecule has 0 atom stereocenters. The van der Waals surface area contributed by atoms with Gasteiger partial charge in [-0.05, 0) is 52.0 Å². The summed E-state index contributed by atoms with van der Waals surface area (Å²) in [6, 6.07) is 7.96. The van der Waals surface area contributed by atoms with E-state index in [1.54, 1.807) is 6.07 Å². The van der Waals surface area contributed by atoms with Gasteiger partial charge in [-0.3, -0.25) is 0 Å². The molecule has 0 saturated heterocycles. The summed E-state index contributed by atoms with van der Waals surface area (Å²) >= 11 is 3.41. The van der Waals surface area contributed by atoms with E-state index in [4.69, 9.17) is 4.74 Å². The molecule has 2 rings (SSSR count). The third kappa shape index (κ3) is 4.03.